The first kappa shape index (κ1) is 11.4. The molecule has 0 saturated carbocycles. The summed E-state index contributed by atoms with van der Waals surface area (Å²) >= 11 is 1.65. The molecule has 3 heterocycles. The van der Waals surface area contributed by atoms with Crippen LogP contribution in [0.25, 0.3) is 32.9 Å². The van der Waals surface area contributed by atoms with Crippen molar-refractivity contribution in [2.24, 2.45) is 0 Å². The lowest BCUT2D eigenvalue weighted by Gasteiger charge is -1.98. The number of nitrogens with one attached hydrogen (secondary N) is 1. The van der Waals surface area contributed by atoms with Crippen LogP contribution in [0.5, 0.6) is 0 Å². The second-order valence-electron chi connectivity index (χ2n) is 4.50. The molecule has 3 nitrogen and oxygen atoms in total. The van der Waals surface area contributed by atoms with E-state index in [1.807, 2.05) is 42.7 Å². The van der Waals surface area contributed by atoms with Crippen molar-refractivity contribution in [1.82, 2.24) is 15.0 Å². The molecule has 3 aromatic heterocycles. The second-order valence-corrected chi connectivity index (χ2v) is 5.36. The molecule has 0 spiro atoms. The fraction of sp³-hybridized carbons (Fsp3) is 0. The van der Waals surface area contributed by atoms with Crippen LogP contribution in [-0.4, -0.2) is 15.0 Å². The van der Waals surface area contributed by atoms with Gasteiger partial charge in [0.25, 0.3) is 0 Å². The zero-order valence-corrected chi connectivity index (χ0v) is 11.4. The molecule has 0 aliphatic carbocycles. The summed E-state index contributed by atoms with van der Waals surface area (Å²) < 4.78 is 0. The third kappa shape index (κ3) is 1.82. The highest BCUT2D eigenvalue weighted by Crippen LogP contribution is 2.31. The zero-order valence-electron chi connectivity index (χ0n) is 10.6. The summed E-state index contributed by atoms with van der Waals surface area (Å²) in [5, 5.41) is 4.20. The van der Waals surface area contributed by atoms with E-state index in [1.165, 1.54) is 0 Å². The average molecular weight is 277 g/mol. The molecule has 0 amide bonds. The molecule has 0 bridgehead atoms. The summed E-state index contributed by atoms with van der Waals surface area (Å²) in [4.78, 5) is 12.4. The van der Waals surface area contributed by atoms with Crippen LogP contribution < -0.4 is 0 Å². The fourth-order valence-electron chi connectivity index (χ4n) is 2.28. The summed E-state index contributed by atoms with van der Waals surface area (Å²) in [6, 6.07) is 14.2. The quantitative estimate of drug-likeness (QED) is 0.591. The van der Waals surface area contributed by atoms with Gasteiger partial charge in [0, 0.05) is 34.2 Å². The molecule has 0 aliphatic rings. The predicted octanol–water partition coefficient (Wildman–Crippen LogP) is 4.35. The Labute approximate surface area is 120 Å². The second kappa shape index (κ2) is 4.58. The third-order valence-corrected chi connectivity index (χ3v) is 4.14. The lowest BCUT2D eigenvalue weighted by molar-refractivity contribution is 1.30. The van der Waals surface area contributed by atoms with Crippen LogP contribution in [0.3, 0.4) is 0 Å². The smallest absolute Gasteiger partial charge is 0.124 e. The molecule has 1 aromatic carbocycles. The minimum atomic E-state index is 0.930. The van der Waals surface area contributed by atoms with Gasteiger partial charge in [-0.2, -0.15) is 0 Å². The lowest BCUT2D eigenvalue weighted by Crippen LogP contribution is -1.84. The topological polar surface area (TPSA) is 41.6 Å². The van der Waals surface area contributed by atoms with E-state index >= 15 is 0 Å². The maximum Gasteiger partial charge on any atom is 0.124 e. The molecular formula is C16H11N3S. The Kier molecular flexibility index (Phi) is 2.60. The van der Waals surface area contributed by atoms with Crippen molar-refractivity contribution < 1.29 is 0 Å². The largest absolute Gasteiger partial charge is 0.361 e. The van der Waals surface area contributed by atoms with Gasteiger partial charge in [0.2, 0.25) is 0 Å². The van der Waals surface area contributed by atoms with Crippen LogP contribution in [0.15, 0.2) is 60.2 Å². The summed E-state index contributed by atoms with van der Waals surface area (Å²) in [7, 11) is 0. The van der Waals surface area contributed by atoms with Crippen molar-refractivity contribution in [2.75, 3.05) is 0 Å². The monoisotopic (exact) mass is 277 g/mol. The van der Waals surface area contributed by atoms with Crippen LogP contribution in [0.2, 0.25) is 0 Å². The fourth-order valence-corrected chi connectivity index (χ4v) is 3.09. The number of aromatic amines is 1. The summed E-state index contributed by atoms with van der Waals surface area (Å²) in [5.74, 6) is 0. The van der Waals surface area contributed by atoms with Crippen molar-refractivity contribution in [3.05, 3.63) is 60.2 Å². The molecule has 4 heteroatoms. The van der Waals surface area contributed by atoms with Crippen molar-refractivity contribution in [3.8, 4) is 22.0 Å². The van der Waals surface area contributed by atoms with E-state index < -0.39 is 0 Å². The van der Waals surface area contributed by atoms with Gasteiger partial charge in [0.1, 0.15) is 10.7 Å². The third-order valence-electron chi connectivity index (χ3n) is 3.25. The highest BCUT2D eigenvalue weighted by molar-refractivity contribution is 7.13. The first-order valence-electron chi connectivity index (χ1n) is 6.35. The first-order chi connectivity index (χ1) is 9.92. The molecule has 0 unspecified atom stereocenters. The molecule has 0 saturated heterocycles. The number of nitrogens with zero attached hydrogens (tertiary/aromatic N) is 2. The Hall–Kier alpha value is -2.46. The Bertz CT molecular complexity index is 861. The van der Waals surface area contributed by atoms with Crippen LogP contribution in [0.1, 0.15) is 0 Å². The van der Waals surface area contributed by atoms with Gasteiger partial charge in [0.05, 0.1) is 5.69 Å². The van der Waals surface area contributed by atoms with Gasteiger partial charge < -0.3 is 4.98 Å². The van der Waals surface area contributed by atoms with E-state index in [2.05, 4.69) is 27.5 Å². The molecule has 4 rings (SSSR count). The van der Waals surface area contributed by atoms with Crippen LogP contribution in [0, 0.1) is 0 Å². The number of fused-ring (bicyclic) bond motifs is 1. The normalized spacial score (nSPS) is 11.0. The standard InChI is InChI=1S/C16H11N3S/c1-2-4-11(5-3-1)16-19-14(10-20-16)15-12-6-8-17-13(12)7-9-18-15/h1-10,17H. The van der Waals surface area contributed by atoms with Gasteiger partial charge in [-0.15, -0.1) is 11.3 Å². The van der Waals surface area contributed by atoms with E-state index in [4.69, 9.17) is 4.98 Å². The Morgan fingerprint density at radius 3 is 2.80 bits per heavy atom. The summed E-state index contributed by atoms with van der Waals surface area (Å²) in [6.07, 6.45) is 3.75. The number of rotatable bonds is 2. The number of aromatic nitrogens is 3. The number of pyridine rings is 1. The highest BCUT2D eigenvalue weighted by Gasteiger charge is 2.10. The number of hydrogen-bond donors (Lipinski definition) is 1. The maximum absolute atomic E-state index is 4.72. The molecule has 0 aliphatic heterocycles. The minimum absolute atomic E-state index is 0.930. The molecule has 0 radical (unpaired) electrons. The van der Waals surface area contributed by atoms with Gasteiger partial charge >= 0.3 is 0 Å². The molecule has 96 valence electrons. The Balaban J connectivity index is 1.84. The van der Waals surface area contributed by atoms with Crippen molar-refractivity contribution in [2.45, 2.75) is 0 Å². The minimum Gasteiger partial charge on any atom is -0.361 e. The van der Waals surface area contributed by atoms with E-state index in [-0.39, 0.29) is 0 Å². The van der Waals surface area contributed by atoms with E-state index in [1.54, 1.807) is 11.3 Å². The number of H-pyrrole nitrogens is 1. The van der Waals surface area contributed by atoms with Crippen LogP contribution in [0.4, 0.5) is 0 Å². The predicted molar refractivity (Wildman–Crippen MR) is 82.6 cm³/mol. The molecule has 0 atom stereocenters. The number of benzene rings is 1. The zero-order chi connectivity index (χ0) is 13.4. The van der Waals surface area contributed by atoms with Gasteiger partial charge in [-0.3, -0.25) is 4.98 Å². The van der Waals surface area contributed by atoms with Gasteiger partial charge in [0.15, 0.2) is 0 Å². The van der Waals surface area contributed by atoms with Crippen molar-refractivity contribution >= 4 is 22.2 Å². The SMILES string of the molecule is c1ccc(-c2nc(-c3nccc4[nH]ccc34)cs2)cc1. The number of thiazole rings is 1. The Morgan fingerprint density at radius 1 is 1.00 bits per heavy atom. The molecular weight excluding hydrogens is 266 g/mol. The molecule has 20 heavy (non-hydrogen) atoms. The maximum atomic E-state index is 4.72. The summed E-state index contributed by atoms with van der Waals surface area (Å²) in [6.45, 7) is 0. The molecule has 0 fully saturated rings. The van der Waals surface area contributed by atoms with Crippen LogP contribution in [-0.2, 0) is 0 Å². The number of hydrogen-bond acceptors (Lipinski definition) is 3. The first-order valence-corrected chi connectivity index (χ1v) is 7.23. The molecule has 1 N–H and O–H groups in total. The van der Waals surface area contributed by atoms with Gasteiger partial charge in [-0.1, -0.05) is 30.3 Å². The Morgan fingerprint density at radius 2 is 1.90 bits per heavy atom. The van der Waals surface area contributed by atoms with Crippen molar-refractivity contribution in [3.63, 3.8) is 0 Å². The van der Waals surface area contributed by atoms with E-state index in [9.17, 15) is 0 Å². The van der Waals surface area contributed by atoms with Crippen molar-refractivity contribution in [1.29, 1.82) is 0 Å². The van der Waals surface area contributed by atoms with Gasteiger partial charge in [-0.25, -0.2) is 4.98 Å². The average Bonchev–Trinajstić information content (AvgIpc) is 3.17. The van der Waals surface area contributed by atoms with Gasteiger partial charge in [-0.05, 0) is 12.1 Å². The van der Waals surface area contributed by atoms with E-state index in [0.717, 1.165) is 32.9 Å². The lowest BCUT2D eigenvalue weighted by atomic mass is 10.2. The molecule has 4 aromatic rings. The van der Waals surface area contributed by atoms with E-state index in [0.29, 0.717) is 0 Å². The van der Waals surface area contributed by atoms with Crippen LogP contribution >= 0.6 is 11.3 Å². The summed E-state index contributed by atoms with van der Waals surface area (Å²) in [5.41, 5.74) is 4.09. The highest BCUT2D eigenvalue weighted by atomic mass is 32.1.